The van der Waals surface area contributed by atoms with Crippen molar-refractivity contribution in [1.82, 2.24) is 25.1 Å². The number of hydrogen-bond donors (Lipinski definition) is 3. The minimum absolute atomic E-state index is 0.212. The monoisotopic (exact) mass is 546 g/mol. The number of amides is 2. The number of benzene rings is 3. The summed E-state index contributed by atoms with van der Waals surface area (Å²) >= 11 is 0. The molecule has 2 heterocycles. The number of nitrogens with one attached hydrogen (secondary N) is 2. The third-order valence-corrected chi connectivity index (χ3v) is 7.70. The maximum Gasteiger partial charge on any atom is 0.249 e. The number of H-pyrrole nitrogens is 1. The highest BCUT2D eigenvalue weighted by molar-refractivity contribution is 6.04. The van der Waals surface area contributed by atoms with E-state index in [9.17, 15) is 9.59 Å². The van der Waals surface area contributed by atoms with Crippen molar-refractivity contribution in [2.75, 3.05) is 6.54 Å². The summed E-state index contributed by atoms with van der Waals surface area (Å²) in [5, 5.41) is 11.2. The number of unbranched alkanes of at least 4 members (excludes halogenated alkanes) is 3. The number of carbonyl (C=O) groups excluding carboxylic acids is 2. The number of carbonyl (C=O) groups is 2. The maximum absolute atomic E-state index is 12.7. The Bertz CT molecular complexity index is 1680. The number of aryl methyl sites for hydroxylation is 1. The van der Waals surface area contributed by atoms with Gasteiger partial charge in [-0.05, 0) is 73.6 Å². The number of rotatable bonds is 12. The van der Waals surface area contributed by atoms with Crippen LogP contribution in [-0.2, 0) is 11.2 Å². The number of aromatic nitrogens is 4. The largest absolute Gasteiger partial charge is 0.366 e. The Kier molecular flexibility index (Phi) is 7.63. The van der Waals surface area contributed by atoms with Crippen LogP contribution in [0.25, 0.3) is 39.1 Å². The van der Waals surface area contributed by atoms with Crippen molar-refractivity contribution in [3.8, 4) is 28.2 Å². The lowest BCUT2D eigenvalue weighted by atomic mass is 9.93. The summed E-state index contributed by atoms with van der Waals surface area (Å²) in [6, 6.07) is 21.8. The molecule has 0 aliphatic heterocycles. The van der Waals surface area contributed by atoms with Crippen molar-refractivity contribution in [3.05, 3.63) is 90.4 Å². The summed E-state index contributed by atoms with van der Waals surface area (Å²) in [7, 11) is 0. The van der Waals surface area contributed by atoms with E-state index >= 15 is 0 Å². The van der Waals surface area contributed by atoms with E-state index in [1.807, 2.05) is 54.6 Å². The number of aromatic amines is 1. The topological polar surface area (TPSA) is 119 Å². The zero-order valence-electron chi connectivity index (χ0n) is 23.0. The van der Waals surface area contributed by atoms with Crippen molar-refractivity contribution < 1.29 is 9.59 Å². The number of para-hydroxylation sites is 1. The maximum atomic E-state index is 12.7. The molecule has 8 heteroatoms. The van der Waals surface area contributed by atoms with Crippen LogP contribution in [0.2, 0.25) is 0 Å². The first-order chi connectivity index (χ1) is 20.1. The first-order valence-electron chi connectivity index (χ1n) is 14.4. The van der Waals surface area contributed by atoms with E-state index in [-0.39, 0.29) is 11.8 Å². The molecule has 0 spiro atoms. The molecule has 0 atom stereocenters. The molecule has 6 rings (SSSR count). The van der Waals surface area contributed by atoms with Gasteiger partial charge >= 0.3 is 0 Å². The van der Waals surface area contributed by atoms with E-state index in [4.69, 9.17) is 10.7 Å². The molecule has 5 aromatic rings. The highest BCUT2D eigenvalue weighted by Crippen LogP contribution is 2.37. The lowest BCUT2D eigenvalue weighted by Gasteiger charge is -2.15. The summed E-state index contributed by atoms with van der Waals surface area (Å²) in [5.74, 6) is 0.664. The number of hydrogen-bond acceptors (Lipinski definition) is 4. The molecule has 1 fully saturated rings. The number of fused-ring (bicyclic) bond motifs is 1. The van der Waals surface area contributed by atoms with Gasteiger partial charge in [-0.25, -0.2) is 4.98 Å². The molecular formula is C33H34N6O2. The Morgan fingerprint density at radius 3 is 2.61 bits per heavy atom. The van der Waals surface area contributed by atoms with Gasteiger partial charge in [0, 0.05) is 35.3 Å². The van der Waals surface area contributed by atoms with E-state index in [0.717, 1.165) is 84.9 Å². The molecule has 1 saturated carbocycles. The van der Waals surface area contributed by atoms with Crippen molar-refractivity contribution in [1.29, 1.82) is 0 Å². The highest BCUT2D eigenvalue weighted by atomic mass is 16.2. The molecule has 208 valence electrons. The summed E-state index contributed by atoms with van der Waals surface area (Å²) in [4.78, 5) is 29.6. The van der Waals surface area contributed by atoms with Gasteiger partial charge in [0.05, 0.1) is 23.0 Å². The van der Waals surface area contributed by atoms with Gasteiger partial charge in [-0.15, -0.1) is 0 Å². The fraction of sp³-hybridized carbons (Fsp3) is 0.273. The Labute approximate surface area is 239 Å². The van der Waals surface area contributed by atoms with E-state index in [2.05, 4.69) is 32.3 Å². The Balaban J connectivity index is 1.29. The molecule has 1 aliphatic rings. The Morgan fingerprint density at radius 2 is 1.80 bits per heavy atom. The minimum Gasteiger partial charge on any atom is -0.366 e. The van der Waals surface area contributed by atoms with Crippen LogP contribution >= 0.6 is 0 Å². The zero-order valence-corrected chi connectivity index (χ0v) is 23.0. The van der Waals surface area contributed by atoms with Crippen molar-refractivity contribution in [2.24, 2.45) is 11.7 Å². The fourth-order valence-corrected chi connectivity index (χ4v) is 5.35. The molecule has 3 aromatic carbocycles. The average molecular weight is 547 g/mol. The average Bonchev–Trinajstić information content (AvgIpc) is 3.60. The fourth-order valence-electron chi connectivity index (χ4n) is 5.35. The Morgan fingerprint density at radius 1 is 0.976 bits per heavy atom. The highest BCUT2D eigenvalue weighted by Gasteiger charge is 2.29. The zero-order chi connectivity index (χ0) is 28.2. The SMILES string of the molecule is NC(=O)c1cccc(-c2ccc3[nH]ncc3c2)c1-c1nc(CCCCCCNC(=O)C2CC2)cn1-c1ccccc1. The standard InChI is InChI=1S/C33H34N6O2/c34-31(40)28-13-8-12-27(23-16-17-29-24(19-23)20-36-38-29)30(28)32-37-25(21-39(32)26-10-5-3-6-11-26)9-4-1-2-7-18-35-33(41)22-14-15-22/h3,5-6,8,10-13,16-17,19-22H,1-2,4,7,9,14-15,18H2,(H2,34,40)(H,35,41)(H,36,38). The molecule has 8 nitrogen and oxygen atoms in total. The summed E-state index contributed by atoms with van der Waals surface area (Å²) in [6.07, 6.45) is 10.8. The van der Waals surface area contributed by atoms with Gasteiger partial charge in [-0.2, -0.15) is 5.10 Å². The predicted octanol–water partition coefficient (Wildman–Crippen LogP) is 5.81. The second kappa shape index (κ2) is 11.8. The van der Waals surface area contributed by atoms with Gasteiger partial charge in [-0.3, -0.25) is 19.3 Å². The molecular weight excluding hydrogens is 512 g/mol. The first kappa shape index (κ1) is 26.5. The van der Waals surface area contributed by atoms with Crippen molar-refractivity contribution in [2.45, 2.75) is 44.9 Å². The number of imidazole rings is 1. The van der Waals surface area contributed by atoms with E-state index in [0.29, 0.717) is 17.0 Å². The third kappa shape index (κ3) is 5.91. The first-order valence-corrected chi connectivity index (χ1v) is 14.4. The second-order valence-electron chi connectivity index (χ2n) is 10.8. The lowest BCUT2D eigenvalue weighted by Crippen LogP contribution is -2.25. The molecule has 0 saturated heterocycles. The Hall–Kier alpha value is -4.72. The molecule has 0 unspecified atom stereocenters. The number of nitrogens with zero attached hydrogens (tertiary/aromatic N) is 3. The van der Waals surface area contributed by atoms with Gasteiger partial charge in [0.25, 0.3) is 0 Å². The van der Waals surface area contributed by atoms with Crippen LogP contribution in [0.4, 0.5) is 0 Å². The minimum atomic E-state index is -0.496. The number of nitrogens with two attached hydrogens (primary N) is 1. The van der Waals surface area contributed by atoms with Gasteiger partial charge < -0.3 is 11.1 Å². The van der Waals surface area contributed by atoms with E-state index in [1.54, 1.807) is 12.3 Å². The van der Waals surface area contributed by atoms with E-state index < -0.39 is 5.91 Å². The molecule has 2 aromatic heterocycles. The van der Waals surface area contributed by atoms with Gasteiger partial charge in [0.2, 0.25) is 11.8 Å². The molecule has 41 heavy (non-hydrogen) atoms. The van der Waals surface area contributed by atoms with Crippen LogP contribution < -0.4 is 11.1 Å². The van der Waals surface area contributed by atoms with Gasteiger partial charge in [-0.1, -0.05) is 49.2 Å². The van der Waals surface area contributed by atoms with Crippen LogP contribution in [0.3, 0.4) is 0 Å². The molecule has 0 bridgehead atoms. The summed E-state index contributed by atoms with van der Waals surface area (Å²) in [5.41, 5.74) is 11.8. The van der Waals surface area contributed by atoms with Crippen LogP contribution in [0.15, 0.2) is 79.1 Å². The van der Waals surface area contributed by atoms with Crippen LogP contribution in [0, 0.1) is 5.92 Å². The molecule has 2 amide bonds. The lowest BCUT2D eigenvalue weighted by molar-refractivity contribution is -0.122. The molecule has 0 radical (unpaired) electrons. The molecule has 1 aliphatic carbocycles. The molecule has 4 N–H and O–H groups in total. The summed E-state index contributed by atoms with van der Waals surface area (Å²) in [6.45, 7) is 0.749. The van der Waals surface area contributed by atoms with Crippen molar-refractivity contribution in [3.63, 3.8) is 0 Å². The predicted molar refractivity (Wildman–Crippen MR) is 161 cm³/mol. The summed E-state index contributed by atoms with van der Waals surface area (Å²) < 4.78 is 2.06. The van der Waals surface area contributed by atoms with Crippen molar-refractivity contribution >= 4 is 22.7 Å². The van der Waals surface area contributed by atoms with Crippen LogP contribution in [0.1, 0.15) is 54.6 Å². The normalized spacial score (nSPS) is 13.0. The van der Waals surface area contributed by atoms with Gasteiger partial charge in [0.1, 0.15) is 5.82 Å². The second-order valence-corrected chi connectivity index (χ2v) is 10.8. The third-order valence-electron chi connectivity index (χ3n) is 7.70. The van der Waals surface area contributed by atoms with E-state index in [1.165, 1.54) is 0 Å². The number of primary amides is 1. The van der Waals surface area contributed by atoms with Gasteiger partial charge in [0.15, 0.2) is 0 Å². The smallest absolute Gasteiger partial charge is 0.249 e. The quantitative estimate of drug-likeness (QED) is 0.171. The van der Waals surface area contributed by atoms with Crippen LogP contribution in [0.5, 0.6) is 0 Å². The van der Waals surface area contributed by atoms with Crippen LogP contribution in [-0.4, -0.2) is 38.1 Å².